The van der Waals surface area contributed by atoms with Crippen molar-refractivity contribution < 1.29 is 9.47 Å². The van der Waals surface area contributed by atoms with Gasteiger partial charge in [-0.25, -0.2) is 0 Å². The van der Waals surface area contributed by atoms with Crippen molar-refractivity contribution >= 4 is 17.8 Å². The van der Waals surface area contributed by atoms with E-state index in [0.717, 1.165) is 17.7 Å². The molecule has 1 aromatic carbocycles. The molecule has 1 aromatic rings. The molecule has 1 heterocycles. The monoisotopic (exact) mass is 290 g/mol. The average molecular weight is 290 g/mol. The largest absolute Gasteiger partial charge is 0.487 e. The van der Waals surface area contributed by atoms with E-state index in [1.807, 2.05) is 19.1 Å². The minimum Gasteiger partial charge on any atom is -0.487 e. The first kappa shape index (κ1) is 14.7. The van der Waals surface area contributed by atoms with Gasteiger partial charge in [0.1, 0.15) is 11.4 Å². The first-order valence-electron chi connectivity index (χ1n) is 6.42. The number of rotatable bonds is 2. The Labute approximate surface area is 123 Å². The summed E-state index contributed by atoms with van der Waals surface area (Å²) in [5.74, 6) is 1.47. The highest BCUT2D eigenvalue weighted by atomic mass is 32.2. The van der Waals surface area contributed by atoms with Gasteiger partial charge < -0.3 is 9.47 Å². The standard InChI is InChI=1S/C15H18N2O2S/c1-10(18-4)17-20-14-8-15(2,3)19-13-6-5-11(9-16)7-12(13)14/h5-7,14H,8H2,1-4H3/b17-10+. The van der Waals surface area contributed by atoms with E-state index in [2.05, 4.69) is 24.3 Å². The van der Waals surface area contributed by atoms with Gasteiger partial charge in [-0.05, 0) is 44.0 Å². The van der Waals surface area contributed by atoms with E-state index in [9.17, 15) is 0 Å². The fourth-order valence-corrected chi connectivity index (χ4v) is 3.25. The molecule has 0 saturated heterocycles. The molecule has 4 nitrogen and oxygen atoms in total. The summed E-state index contributed by atoms with van der Waals surface area (Å²) in [5, 5.41) is 9.20. The van der Waals surface area contributed by atoms with Crippen molar-refractivity contribution in [1.82, 2.24) is 0 Å². The number of methoxy groups -OCH3 is 1. The van der Waals surface area contributed by atoms with E-state index in [4.69, 9.17) is 14.7 Å². The van der Waals surface area contributed by atoms with Crippen molar-refractivity contribution in [3.8, 4) is 11.8 Å². The Morgan fingerprint density at radius 1 is 1.55 bits per heavy atom. The maximum absolute atomic E-state index is 9.04. The molecule has 0 amide bonds. The Kier molecular flexibility index (Phi) is 4.24. The summed E-state index contributed by atoms with van der Waals surface area (Å²) in [6, 6.07) is 7.71. The number of nitrogens with zero attached hydrogens (tertiary/aromatic N) is 2. The number of benzene rings is 1. The zero-order valence-electron chi connectivity index (χ0n) is 12.1. The molecule has 1 aliphatic rings. The molecule has 5 heteroatoms. The van der Waals surface area contributed by atoms with Crippen molar-refractivity contribution in [2.75, 3.05) is 7.11 Å². The van der Waals surface area contributed by atoms with Gasteiger partial charge in [-0.1, -0.05) is 0 Å². The van der Waals surface area contributed by atoms with E-state index in [0.29, 0.717) is 11.5 Å². The molecule has 1 aliphatic heterocycles. The summed E-state index contributed by atoms with van der Waals surface area (Å²) >= 11 is 1.47. The van der Waals surface area contributed by atoms with Crippen LogP contribution in [0.2, 0.25) is 0 Å². The Balaban J connectivity index is 2.35. The van der Waals surface area contributed by atoms with Crippen LogP contribution in [0.1, 0.15) is 43.6 Å². The molecule has 0 bridgehead atoms. The summed E-state index contributed by atoms with van der Waals surface area (Å²) in [5.41, 5.74) is 1.43. The molecule has 1 atom stereocenters. The van der Waals surface area contributed by atoms with Crippen LogP contribution in [0.5, 0.6) is 5.75 Å². The molecule has 106 valence electrons. The fourth-order valence-electron chi connectivity index (χ4n) is 2.13. The minimum absolute atomic E-state index is 0.159. The third-order valence-corrected chi connectivity index (χ3v) is 4.19. The van der Waals surface area contributed by atoms with Gasteiger partial charge >= 0.3 is 0 Å². The van der Waals surface area contributed by atoms with Crippen LogP contribution in [0.3, 0.4) is 0 Å². The van der Waals surface area contributed by atoms with Gasteiger partial charge in [0.2, 0.25) is 0 Å². The SMILES string of the molecule is CO/C(C)=N/SC1CC(C)(C)Oc2ccc(C#N)cc21. The number of fused-ring (bicyclic) bond motifs is 1. The number of ether oxygens (including phenoxy) is 2. The second kappa shape index (κ2) is 5.76. The fraction of sp³-hybridized carbons (Fsp3) is 0.467. The molecular formula is C15H18N2O2S. The van der Waals surface area contributed by atoms with Gasteiger partial charge in [-0.3, -0.25) is 0 Å². The second-order valence-electron chi connectivity index (χ2n) is 5.34. The molecule has 0 aliphatic carbocycles. The van der Waals surface area contributed by atoms with Crippen LogP contribution in [0.15, 0.2) is 22.6 Å². The summed E-state index contributed by atoms with van der Waals surface area (Å²) in [6.07, 6.45) is 0.833. The van der Waals surface area contributed by atoms with Crippen LogP contribution < -0.4 is 4.74 Å². The lowest BCUT2D eigenvalue weighted by Crippen LogP contribution is -2.34. The van der Waals surface area contributed by atoms with E-state index >= 15 is 0 Å². The first-order chi connectivity index (χ1) is 9.45. The Morgan fingerprint density at radius 2 is 2.30 bits per heavy atom. The third kappa shape index (κ3) is 3.26. The first-order valence-corrected chi connectivity index (χ1v) is 7.26. The van der Waals surface area contributed by atoms with Crippen LogP contribution in [-0.4, -0.2) is 18.6 Å². The van der Waals surface area contributed by atoms with Crippen LogP contribution >= 0.6 is 11.9 Å². The maximum atomic E-state index is 9.04. The smallest absolute Gasteiger partial charge is 0.191 e. The Hall–Kier alpha value is -1.67. The van der Waals surface area contributed by atoms with Crippen LogP contribution in [0, 0.1) is 11.3 Å². The van der Waals surface area contributed by atoms with Gasteiger partial charge in [0.05, 0.1) is 24.0 Å². The van der Waals surface area contributed by atoms with Gasteiger partial charge in [-0.15, -0.1) is 0 Å². The van der Waals surface area contributed by atoms with E-state index < -0.39 is 0 Å². The minimum atomic E-state index is -0.241. The zero-order chi connectivity index (χ0) is 14.8. The lowest BCUT2D eigenvalue weighted by molar-refractivity contribution is 0.0834. The normalized spacial score (nSPS) is 20.6. The van der Waals surface area contributed by atoms with E-state index in [1.54, 1.807) is 13.2 Å². The van der Waals surface area contributed by atoms with E-state index in [-0.39, 0.29) is 10.9 Å². The molecule has 1 unspecified atom stereocenters. The van der Waals surface area contributed by atoms with Crippen molar-refractivity contribution in [2.24, 2.45) is 4.40 Å². The summed E-state index contributed by atoms with van der Waals surface area (Å²) in [7, 11) is 1.61. The molecule has 0 spiro atoms. The molecule has 0 aromatic heterocycles. The van der Waals surface area contributed by atoms with Crippen LogP contribution in [0.4, 0.5) is 0 Å². The van der Waals surface area contributed by atoms with Crippen molar-refractivity contribution in [2.45, 2.75) is 38.0 Å². The van der Waals surface area contributed by atoms with Gasteiger partial charge in [-0.2, -0.15) is 9.66 Å². The number of nitriles is 1. The Bertz CT molecular complexity index is 576. The van der Waals surface area contributed by atoms with Crippen molar-refractivity contribution in [3.63, 3.8) is 0 Å². The highest BCUT2D eigenvalue weighted by Crippen LogP contribution is 2.47. The van der Waals surface area contributed by atoms with E-state index in [1.165, 1.54) is 11.9 Å². The van der Waals surface area contributed by atoms with Crippen LogP contribution in [-0.2, 0) is 4.74 Å². The van der Waals surface area contributed by atoms with Crippen LogP contribution in [0.25, 0.3) is 0 Å². The quantitative estimate of drug-likeness (QED) is 0.471. The molecule has 2 rings (SSSR count). The lowest BCUT2D eigenvalue weighted by atomic mass is 9.93. The Morgan fingerprint density at radius 3 is 2.95 bits per heavy atom. The van der Waals surface area contributed by atoms with Gasteiger partial charge in [0.15, 0.2) is 5.90 Å². The predicted molar refractivity (Wildman–Crippen MR) is 80.9 cm³/mol. The van der Waals surface area contributed by atoms with Crippen molar-refractivity contribution in [3.05, 3.63) is 29.3 Å². The number of hydrogen-bond donors (Lipinski definition) is 0. The maximum Gasteiger partial charge on any atom is 0.191 e. The summed E-state index contributed by atoms with van der Waals surface area (Å²) in [6.45, 7) is 5.95. The lowest BCUT2D eigenvalue weighted by Gasteiger charge is -2.36. The predicted octanol–water partition coefficient (Wildman–Crippen LogP) is 3.87. The molecule has 0 fully saturated rings. The number of hydrogen-bond acceptors (Lipinski definition) is 5. The molecule has 0 N–H and O–H groups in total. The second-order valence-corrected chi connectivity index (χ2v) is 6.30. The topological polar surface area (TPSA) is 54.6 Å². The van der Waals surface area contributed by atoms with Crippen molar-refractivity contribution in [1.29, 1.82) is 5.26 Å². The molecular weight excluding hydrogens is 272 g/mol. The highest BCUT2D eigenvalue weighted by Gasteiger charge is 2.34. The summed E-state index contributed by atoms with van der Waals surface area (Å²) in [4.78, 5) is 0. The summed E-state index contributed by atoms with van der Waals surface area (Å²) < 4.78 is 15.4. The molecule has 0 saturated carbocycles. The van der Waals surface area contributed by atoms with Gasteiger partial charge in [0, 0.05) is 18.9 Å². The molecule has 0 radical (unpaired) electrons. The highest BCUT2D eigenvalue weighted by molar-refractivity contribution is 7.98. The average Bonchev–Trinajstić information content (AvgIpc) is 2.42. The third-order valence-electron chi connectivity index (χ3n) is 3.15. The zero-order valence-corrected chi connectivity index (χ0v) is 13.0. The van der Waals surface area contributed by atoms with Gasteiger partial charge in [0.25, 0.3) is 0 Å². The molecule has 20 heavy (non-hydrogen) atoms.